The van der Waals surface area contributed by atoms with Crippen molar-refractivity contribution in [2.75, 3.05) is 6.61 Å². The van der Waals surface area contributed by atoms with Gasteiger partial charge in [-0.15, -0.1) is 0 Å². The summed E-state index contributed by atoms with van der Waals surface area (Å²) in [7, 11) is 0. The average Bonchev–Trinajstić information content (AvgIpc) is 3.48. The highest BCUT2D eigenvalue weighted by Crippen LogP contribution is 2.30. The van der Waals surface area contributed by atoms with Gasteiger partial charge in [0.1, 0.15) is 0 Å². The molecule has 0 unspecified atom stereocenters. The number of hydrogen-bond acceptors (Lipinski definition) is 3. The Labute approximate surface area is 155 Å². The molecule has 1 aromatic heterocycles. The van der Waals surface area contributed by atoms with Gasteiger partial charge in [0.05, 0.1) is 12.2 Å². The van der Waals surface area contributed by atoms with E-state index >= 15 is 0 Å². The number of pyridine rings is 1. The molecule has 1 aliphatic carbocycles. The van der Waals surface area contributed by atoms with Crippen molar-refractivity contribution in [1.82, 2.24) is 10.3 Å². The average molecular weight is 376 g/mol. The lowest BCUT2D eigenvalue weighted by atomic mass is 10.1. The highest BCUT2D eigenvalue weighted by Gasteiger charge is 2.30. The predicted octanol–water partition coefficient (Wildman–Crippen LogP) is 4.22. The Morgan fingerprint density at radius 3 is 2.74 bits per heavy atom. The van der Waals surface area contributed by atoms with Gasteiger partial charge >= 0.3 is 6.18 Å². The van der Waals surface area contributed by atoms with Gasteiger partial charge in [-0.1, -0.05) is 18.2 Å². The van der Waals surface area contributed by atoms with Crippen LogP contribution in [-0.2, 0) is 17.5 Å². The van der Waals surface area contributed by atoms with Crippen molar-refractivity contribution in [3.05, 3.63) is 65.4 Å². The van der Waals surface area contributed by atoms with E-state index < -0.39 is 17.6 Å². The topological polar surface area (TPSA) is 51.2 Å². The number of benzene rings is 1. The standard InChI is InChI=1S/C20H19F3N2O2/c21-20(22,23)17-3-1-2-14(10-17)6-8-18(26)24-11-16-7-9-19(25-12-16)27-13-15-4-5-15/h1-3,6-10,12,15H,4-5,11,13H2,(H,24,26)/b8-6+. The first-order valence-corrected chi connectivity index (χ1v) is 8.61. The van der Waals surface area contributed by atoms with E-state index in [9.17, 15) is 18.0 Å². The molecule has 1 heterocycles. The molecule has 0 radical (unpaired) electrons. The van der Waals surface area contributed by atoms with Crippen molar-refractivity contribution in [2.24, 2.45) is 5.92 Å². The first-order valence-electron chi connectivity index (χ1n) is 8.61. The monoisotopic (exact) mass is 376 g/mol. The fourth-order valence-corrected chi connectivity index (χ4v) is 2.33. The fraction of sp³-hybridized carbons (Fsp3) is 0.300. The third-order valence-electron chi connectivity index (χ3n) is 4.07. The summed E-state index contributed by atoms with van der Waals surface area (Å²) < 4.78 is 43.6. The highest BCUT2D eigenvalue weighted by atomic mass is 19.4. The number of aromatic nitrogens is 1. The van der Waals surface area contributed by atoms with Gasteiger partial charge in [0.15, 0.2) is 0 Å². The zero-order valence-electron chi connectivity index (χ0n) is 14.5. The maximum atomic E-state index is 12.7. The summed E-state index contributed by atoms with van der Waals surface area (Å²) >= 11 is 0. The molecular weight excluding hydrogens is 357 g/mol. The van der Waals surface area contributed by atoms with Crippen LogP contribution in [0.15, 0.2) is 48.7 Å². The van der Waals surface area contributed by atoms with E-state index in [-0.39, 0.29) is 6.54 Å². The summed E-state index contributed by atoms with van der Waals surface area (Å²) in [5.74, 6) is 0.803. The molecule has 1 fully saturated rings. The van der Waals surface area contributed by atoms with Crippen LogP contribution in [0.4, 0.5) is 13.2 Å². The van der Waals surface area contributed by atoms with E-state index in [1.54, 1.807) is 12.3 Å². The Hall–Kier alpha value is -2.83. The molecule has 27 heavy (non-hydrogen) atoms. The van der Waals surface area contributed by atoms with Crippen molar-refractivity contribution in [3.63, 3.8) is 0 Å². The van der Waals surface area contributed by atoms with Crippen LogP contribution in [-0.4, -0.2) is 17.5 Å². The SMILES string of the molecule is O=C(/C=C/c1cccc(C(F)(F)F)c1)NCc1ccc(OCC2CC2)nc1. The number of nitrogens with zero attached hydrogens (tertiary/aromatic N) is 1. The third-order valence-corrected chi connectivity index (χ3v) is 4.07. The van der Waals surface area contributed by atoms with E-state index in [0.717, 1.165) is 17.7 Å². The summed E-state index contributed by atoms with van der Waals surface area (Å²) in [5.41, 5.74) is 0.355. The van der Waals surface area contributed by atoms with Crippen molar-refractivity contribution in [3.8, 4) is 5.88 Å². The lowest BCUT2D eigenvalue weighted by molar-refractivity contribution is -0.137. The minimum Gasteiger partial charge on any atom is -0.477 e. The van der Waals surface area contributed by atoms with Gasteiger partial charge in [-0.25, -0.2) is 4.98 Å². The van der Waals surface area contributed by atoms with Crippen LogP contribution < -0.4 is 10.1 Å². The second kappa shape index (κ2) is 8.24. The fourth-order valence-electron chi connectivity index (χ4n) is 2.33. The molecule has 2 aromatic rings. The Kier molecular flexibility index (Phi) is 5.78. The summed E-state index contributed by atoms with van der Waals surface area (Å²) in [6.07, 6.45) is 2.18. The normalized spacial score (nSPS) is 14.3. The largest absolute Gasteiger partial charge is 0.477 e. The second-order valence-corrected chi connectivity index (χ2v) is 6.43. The van der Waals surface area contributed by atoms with Gasteiger partial charge in [0.2, 0.25) is 11.8 Å². The number of rotatable bonds is 7. The highest BCUT2D eigenvalue weighted by molar-refractivity contribution is 5.91. The number of nitrogens with one attached hydrogen (secondary N) is 1. The zero-order valence-corrected chi connectivity index (χ0v) is 14.5. The summed E-state index contributed by atoms with van der Waals surface area (Å²) in [4.78, 5) is 16.0. The van der Waals surface area contributed by atoms with Crippen LogP contribution >= 0.6 is 0 Å². The van der Waals surface area contributed by atoms with Crippen LogP contribution in [0.25, 0.3) is 6.08 Å². The first kappa shape index (κ1) is 18.9. The molecule has 1 N–H and O–H groups in total. The summed E-state index contributed by atoms with van der Waals surface area (Å²) in [5, 5.41) is 2.66. The molecule has 0 aliphatic heterocycles. The van der Waals surface area contributed by atoms with E-state index in [0.29, 0.717) is 24.0 Å². The van der Waals surface area contributed by atoms with E-state index in [1.165, 1.54) is 37.1 Å². The van der Waals surface area contributed by atoms with Gasteiger partial charge in [-0.3, -0.25) is 4.79 Å². The van der Waals surface area contributed by atoms with Gasteiger partial charge < -0.3 is 10.1 Å². The molecule has 0 saturated heterocycles. The molecule has 1 aromatic carbocycles. The smallest absolute Gasteiger partial charge is 0.416 e. The van der Waals surface area contributed by atoms with Gasteiger partial charge in [0, 0.05) is 24.9 Å². The molecule has 1 aliphatic rings. The van der Waals surface area contributed by atoms with Crippen LogP contribution in [0.1, 0.15) is 29.5 Å². The van der Waals surface area contributed by atoms with Crippen molar-refractivity contribution >= 4 is 12.0 Å². The van der Waals surface area contributed by atoms with E-state index in [2.05, 4.69) is 10.3 Å². The molecule has 0 spiro atoms. The molecule has 3 rings (SSSR count). The number of alkyl halides is 3. The Morgan fingerprint density at radius 2 is 2.07 bits per heavy atom. The Balaban J connectivity index is 1.48. The maximum Gasteiger partial charge on any atom is 0.416 e. The molecule has 0 atom stereocenters. The lowest BCUT2D eigenvalue weighted by Gasteiger charge is -2.07. The number of ether oxygens (including phenoxy) is 1. The molecule has 1 saturated carbocycles. The summed E-state index contributed by atoms with van der Waals surface area (Å²) in [6.45, 7) is 0.949. The van der Waals surface area contributed by atoms with E-state index in [4.69, 9.17) is 4.74 Å². The number of amides is 1. The number of halogens is 3. The number of hydrogen-bond donors (Lipinski definition) is 1. The molecule has 142 valence electrons. The van der Waals surface area contributed by atoms with Gasteiger partial charge in [-0.2, -0.15) is 13.2 Å². The first-order chi connectivity index (χ1) is 12.9. The second-order valence-electron chi connectivity index (χ2n) is 6.43. The quantitative estimate of drug-likeness (QED) is 0.736. The molecular formula is C20H19F3N2O2. The zero-order chi connectivity index (χ0) is 19.3. The van der Waals surface area contributed by atoms with Crippen LogP contribution in [0.3, 0.4) is 0 Å². The van der Waals surface area contributed by atoms with Crippen molar-refractivity contribution < 1.29 is 22.7 Å². The van der Waals surface area contributed by atoms with Crippen molar-refractivity contribution in [2.45, 2.75) is 25.6 Å². The maximum absolute atomic E-state index is 12.7. The molecule has 7 heteroatoms. The Morgan fingerprint density at radius 1 is 1.26 bits per heavy atom. The van der Waals surface area contributed by atoms with Crippen LogP contribution in [0, 0.1) is 5.92 Å². The van der Waals surface area contributed by atoms with Crippen molar-refractivity contribution in [1.29, 1.82) is 0 Å². The number of carbonyl (C=O) groups is 1. The lowest BCUT2D eigenvalue weighted by Crippen LogP contribution is -2.20. The predicted molar refractivity (Wildman–Crippen MR) is 94.8 cm³/mol. The minimum atomic E-state index is -4.41. The third kappa shape index (κ3) is 6.13. The van der Waals surface area contributed by atoms with E-state index in [1.807, 2.05) is 6.07 Å². The van der Waals surface area contributed by atoms with Gasteiger partial charge in [0.25, 0.3) is 0 Å². The number of carbonyl (C=O) groups excluding carboxylic acids is 1. The summed E-state index contributed by atoms with van der Waals surface area (Å²) in [6, 6.07) is 8.35. The van der Waals surface area contributed by atoms with Crippen LogP contribution in [0.5, 0.6) is 5.88 Å². The van der Waals surface area contributed by atoms with Crippen LogP contribution in [0.2, 0.25) is 0 Å². The molecule has 0 bridgehead atoms. The minimum absolute atomic E-state index is 0.266. The Bertz CT molecular complexity index is 813. The molecule has 1 amide bonds. The molecule has 4 nitrogen and oxygen atoms in total. The van der Waals surface area contributed by atoms with Gasteiger partial charge in [-0.05, 0) is 48.1 Å².